The number of nitrogens with two attached hydrogens (primary N) is 1. The highest BCUT2D eigenvalue weighted by Gasteiger charge is 2.24. The van der Waals surface area contributed by atoms with Crippen molar-refractivity contribution in [3.63, 3.8) is 0 Å². The van der Waals surface area contributed by atoms with E-state index >= 15 is 0 Å². The van der Waals surface area contributed by atoms with Gasteiger partial charge in [-0.15, -0.1) is 0 Å². The van der Waals surface area contributed by atoms with E-state index in [2.05, 4.69) is 41.5 Å². The second kappa shape index (κ2) is 7.89. The molecule has 1 saturated heterocycles. The first kappa shape index (κ1) is 19.7. The molecule has 3 rings (SSSR count). The molecular weight excluding hydrogens is 414 g/mol. The molecule has 3 heterocycles. The number of nitrogens with zero attached hydrogens (tertiary/aromatic N) is 4. The predicted octanol–water partition coefficient (Wildman–Crippen LogP) is 1.77. The SMILES string of the molecule is CC(C)(C)OC(=O)NCCN[C@H]1CCN(c2cc(N)n3ncc(Br)c3n2)C1. The van der Waals surface area contributed by atoms with Crippen molar-refractivity contribution in [2.45, 2.75) is 38.8 Å². The van der Waals surface area contributed by atoms with Crippen LogP contribution in [0.1, 0.15) is 27.2 Å². The fourth-order valence-corrected chi connectivity index (χ4v) is 3.35. The van der Waals surface area contributed by atoms with Crippen molar-refractivity contribution in [1.29, 1.82) is 0 Å². The van der Waals surface area contributed by atoms with E-state index in [1.807, 2.05) is 26.8 Å². The number of halogens is 1. The molecule has 1 aliphatic heterocycles. The molecule has 0 unspecified atom stereocenters. The van der Waals surface area contributed by atoms with Crippen molar-refractivity contribution in [1.82, 2.24) is 25.2 Å². The molecule has 1 aliphatic rings. The zero-order valence-corrected chi connectivity index (χ0v) is 17.4. The van der Waals surface area contributed by atoms with Gasteiger partial charge < -0.3 is 26.0 Å². The Morgan fingerprint density at radius 2 is 2.22 bits per heavy atom. The highest BCUT2D eigenvalue weighted by molar-refractivity contribution is 9.10. The van der Waals surface area contributed by atoms with Crippen LogP contribution in [0.2, 0.25) is 0 Å². The van der Waals surface area contributed by atoms with Crippen molar-refractivity contribution in [2.24, 2.45) is 0 Å². The van der Waals surface area contributed by atoms with Crippen LogP contribution in [-0.2, 0) is 4.74 Å². The fraction of sp³-hybridized carbons (Fsp3) is 0.588. The number of nitrogens with one attached hydrogen (secondary N) is 2. The molecule has 0 aliphatic carbocycles. The van der Waals surface area contributed by atoms with E-state index < -0.39 is 11.7 Å². The summed E-state index contributed by atoms with van der Waals surface area (Å²) in [5, 5.41) is 10.4. The van der Waals surface area contributed by atoms with Crippen LogP contribution >= 0.6 is 15.9 Å². The zero-order chi connectivity index (χ0) is 19.6. The van der Waals surface area contributed by atoms with Crippen molar-refractivity contribution in [2.75, 3.05) is 36.8 Å². The van der Waals surface area contributed by atoms with Gasteiger partial charge in [0.05, 0.1) is 10.7 Å². The van der Waals surface area contributed by atoms with Crippen LogP contribution in [0.5, 0.6) is 0 Å². The first-order valence-electron chi connectivity index (χ1n) is 8.98. The van der Waals surface area contributed by atoms with Crippen LogP contribution in [0.25, 0.3) is 5.65 Å². The third-order valence-electron chi connectivity index (χ3n) is 4.18. The second-order valence-corrected chi connectivity index (χ2v) is 8.44. The first-order valence-corrected chi connectivity index (χ1v) is 9.77. The molecule has 1 fully saturated rings. The minimum absolute atomic E-state index is 0.332. The van der Waals surface area contributed by atoms with Crippen molar-refractivity contribution < 1.29 is 9.53 Å². The van der Waals surface area contributed by atoms with Gasteiger partial charge in [-0.25, -0.2) is 9.78 Å². The number of nitrogen functional groups attached to an aromatic ring is 1. The van der Waals surface area contributed by atoms with E-state index in [-0.39, 0.29) is 0 Å². The van der Waals surface area contributed by atoms with Gasteiger partial charge in [0.25, 0.3) is 0 Å². The summed E-state index contributed by atoms with van der Waals surface area (Å²) in [5.74, 6) is 1.40. The maximum Gasteiger partial charge on any atom is 0.407 e. The van der Waals surface area contributed by atoms with E-state index in [0.717, 1.165) is 29.8 Å². The highest BCUT2D eigenvalue weighted by Crippen LogP contribution is 2.25. The molecule has 0 saturated carbocycles. The largest absolute Gasteiger partial charge is 0.444 e. The number of alkyl carbamates (subject to hydrolysis) is 1. The lowest BCUT2D eigenvalue weighted by atomic mass is 10.2. The number of anilines is 2. The Balaban J connectivity index is 1.48. The van der Waals surface area contributed by atoms with Gasteiger partial charge in [0, 0.05) is 38.3 Å². The Kier molecular flexibility index (Phi) is 5.75. The van der Waals surface area contributed by atoms with Crippen LogP contribution < -0.4 is 21.3 Å². The maximum atomic E-state index is 11.6. The molecule has 0 radical (unpaired) electrons. The van der Waals surface area contributed by atoms with Gasteiger partial charge in [-0.3, -0.25) is 0 Å². The third-order valence-corrected chi connectivity index (χ3v) is 4.74. The minimum Gasteiger partial charge on any atom is -0.444 e. The summed E-state index contributed by atoms with van der Waals surface area (Å²) in [6, 6.07) is 2.18. The molecule has 9 nitrogen and oxygen atoms in total. The molecule has 10 heteroatoms. The molecule has 148 valence electrons. The smallest absolute Gasteiger partial charge is 0.407 e. The van der Waals surface area contributed by atoms with Gasteiger partial charge >= 0.3 is 6.09 Å². The number of hydrogen-bond donors (Lipinski definition) is 3. The lowest BCUT2D eigenvalue weighted by Gasteiger charge is -2.20. The van der Waals surface area contributed by atoms with Gasteiger partial charge in [-0.2, -0.15) is 9.61 Å². The molecule has 1 atom stereocenters. The summed E-state index contributed by atoms with van der Waals surface area (Å²) in [7, 11) is 0. The summed E-state index contributed by atoms with van der Waals surface area (Å²) < 4.78 is 7.65. The fourth-order valence-electron chi connectivity index (χ4n) is 3.00. The number of fused-ring (bicyclic) bond motifs is 1. The second-order valence-electron chi connectivity index (χ2n) is 7.58. The number of amides is 1. The van der Waals surface area contributed by atoms with E-state index in [9.17, 15) is 4.79 Å². The molecule has 0 aromatic carbocycles. The van der Waals surface area contributed by atoms with Crippen LogP contribution in [0.4, 0.5) is 16.4 Å². The summed E-state index contributed by atoms with van der Waals surface area (Å²) in [5.41, 5.74) is 6.32. The average Bonchev–Trinajstić information content (AvgIpc) is 3.18. The van der Waals surface area contributed by atoms with Crippen LogP contribution in [0.15, 0.2) is 16.7 Å². The lowest BCUT2D eigenvalue weighted by molar-refractivity contribution is 0.0528. The lowest BCUT2D eigenvalue weighted by Crippen LogP contribution is -2.40. The van der Waals surface area contributed by atoms with Crippen LogP contribution in [-0.4, -0.2) is 58.5 Å². The predicted molar refractivity (Wildman–Crippen MR) is 108 cm³/mol. The number of aromatic nitrogens is 3. The topological polar surface area (TPSA) is 110 Å². The Labute approximate surface area is 166 Å². The minimum atomic E-state index is -0.482. The number of carbonyl (C=O) groups is 1. The van der Waals surface area contributed by atoms with E-state index in [0.29, 0.717) is 30.6 Å². The number of carbonyl (C=O) groups excluding carboxylic acids is 1. The maximum absolute atomic E-state index is 11.6. The van der Waals surface area contributed by atoms with Crippen molar-refractivity contribution in [3.8, 4) is 0 Å². The van der Waals surface area contributed by atoms with E-state index in [1.165, 1.54) is 0 Å². The molecule has 0 bridgehead atoms. The normalized spacial score (nSPS) is 17.5. The zero-order valence-electron chi connectivity index (χ0n) is 15.8. The van der Waals surface area contributed by atoms with Gasteiger partial charge in [-0.1, -0.05) is 0 Å². The number of rotatable bonds is 5. The molecular formula is C17H26BrN7O2. The first-order chi connectivity index (χ1) is 12.7. The van der Waals surface area contributed by atoms with Gasteiger partial charge in [0.2, 0.25) is 0 Å². The highest BCUT2D eigenvalue weighted by atomic mass is 79.9. The van der Waals surface area contributed by atoms with Gasteiger partial charge in [0.1, 0.15) is 17.2 Å². The van der Waals surface area contributed by atoms with E-state index in [1.54, 1.807) is 10.7 Å². The van der Waals surface area contributed by atoms with Crippen LogP contribution in [0, 0.1) is 0 Å². The Bertz CT molecular complexity index is 817. The number of ether oxygens (including phenoxy) is 1. The Morgan fingerprint density at radius 3 is 2.96 bits per heavy atom. The molecule has 1 amide bonds. The molecule has 27 heavy (non-hydrogen) atoms. The van der Waals surface area contributed by atoms with Gasteiger partial charge in [0.15, 0.2) is 5.65 Å². The quantitative estimate of drug-likeness (QED) is 0.608. The summed E-state index contributed by atoms with van der Waals surface area (Å²) in [6.07, 6.45) is 2.30. The summed E-state index contributed by atoms with van der Waals surface area (Å²) in [6.45, 7) is 8.47. The van der Waals surface area contributed by atoms with Gasteiger partial charge in [-0.05, 0) is 43.1 Å². The monoisotopic (exact) mass is 439 g/mol. The third kappa shape index (κ3) is 5.01. The van der Waals surface area contributed by atoms with Crippen molar-refractivity contribution >= 4 is 39.3 Å². The Morgan fingerprint density at radius 1 is 1.44 bits per heavy atom. The van der Waals surface area contributed by atoms with Crippen LogP contribution in [0.3, 0.4) is 0 Å². The van der Waals surface area contributed by atoms with Crippen molar-refractivity contribution in [3.05, 3.63) is 16.7 Å². The molecule has 4 N–H and O–H groups in total. The number of hydrogen-bond acceptors (Lipinski definition) is 7. The molecule has 2 aromatic rings. The Hall–Kier alpha value is -2.07. The average molecular weight is 440 g/mol. The summed E-state index contributed by atoms with van der Waals surface area (Å²) in [4.78, 5) is 18.5. The van der Waals surface area contributed by atoms with E-state index in [4.69, 9.17) is 10.5 Å². The summed E-state index contributed by atoms with van der Waals surface area (Å²) >= 11 is 3.45. The molecule has 0 spiro atoms. The standard InChI is InChI=1S/C17H26BrN7O2/c1-17(2,3)27-16(26)21-6-5-20-11-4-7-24(10-11)14-8-13(19)25-15(23-14)12(18)9-22-25/h8-9,11,20H,4-7,10,19H2,1-3H3,(H,21,26)/t11-/m0/s1. The molecule has 2 aromatic heterocycles.